The zero-order valence-electron chi connectivity index (χ0n) is 12.2. The summed E-state index contributed by atoms with van der Waals surface area (Å²) < 4.78 is 6.91. The topological polar surface area (TPSA) is 94.2 Å². The number of hydrogen-bond acceptors (Lipinski definition) is 6. The fourth-order valence-electron chi connectivity index (χ4n) is 2.49. The Bertz CT molecular complexity index is 500. The molecule has 0 radical (unpaired) electrons. The lowest BCUT2D eigenvalue weighted by Gasteiger charge is -2.19. The molecule has 2 heterocycles. The molecule has 2 rings (SSSR count). The summed E-state index contributed by atoms with van der Waals surface area (Å²) in [6.45, 7) is 5.23. The minimum absolute atomic E-state index is 0.00271. The first-order valence-corrected chi connectivity index (χ1v) is 6.67. The van der Waals surface area contributed by atoms with Crippen LogP contribution in [0.5, 0.6) is 0 Å². The first-order valence-electron chi connectivity index (χ1n) is 6.67. The highest BCUT2D eigenvalue weighted by Crippen LogP contribution is 2.33. The standard InChI is InChI=1S/C12H21N5O3/c1-7(2)10-11(17(18)19)12(16(3)15-10)14-8-5-13-6-9(8)20-4/h7-9,13-14H,5-6H2,1-4H3/t8?,9-/m0/s1. The molecule has 1 aliphatic heterocycles. The van der Waals surface area contributed by atoms with Crippen LogP contribution in [0.1, 0.15) is 25.5 Å². The van der Waals surface area contributed by atoms with Gasteiger partial charge < -0.3 is 15.4 Å². The number of nitrogens with one attached hydrogen (secondary N) is 2. The van der Waals surface area contributed by atoms with Gasteiger partial charge in [0, 0.05) is 33.2 Å². The molecule has 0 saturated carbocycles. The maximum atomic E-state index is 11.4. The number of nitro groups is 1. The van der Waals surface area contributed by atoms with Gasteiger partial charge in [-0.2, -0.15) is 5.10 Å². The maximum absolute atomic E-state index is 11.4. The van der Waals surface area contributed by atoms with Crippen LogP contribution in [0.4, 0.5) is 11.5 Å². The predicted molar refractivity (Wildman–Crippen MR) is 75.0 cm³/mol. The third-order valence-electron chi connectivity index (χ3n) is 3.56. The Hall–Kier alpha value is -1.67. The van der Waals surface area contributed by atoms with Gasteiger partial charge in [0.15, 0.2) is 0 Å². The molecular formula is C12H21N5O3. The summed E-state index contributed by atoms with van der Waals surface area (Å²) in [5, 5.41) is 22.0. The van der Waals surface area contributed by atoms with Crippen LogP contribution >= 0.6 is 0 Å². The third-order valence-corrected chi connectivity index (χ3v) is 3.56. The molecule has 8 heteroatoms. The van der Waals surface area contributed by atoms with E-state index < -0.39 is 0 Å². The maximum Gasteiger partial charge on any atom is 0.334 e. The summed E-state index contributed by atoms with van der Waals surface area (Å²) in [6.07, 6.45) is -0.00740. The molecule has 1 aromatic rings. The monoisotopic (exact) mass is 283 g/mol. The lowest BCUT2D eigenvalue weighted by Crippen LogP contribution is -2.34. The molecule has 0 amide bonds. The molecule has 8 nitrogen and oxygen atoms in total. The summed E-state index contributed by atoms with van der Waals surface area (Å²) in [5.74, 6) is 0.437. The number of hydrogen-bond donors (Lipinski definition) is 2. The highest BCUT2D eigenvalue weighted by atomic mass is 16.6. The van der Waals surface area contributed by atoms with Crippen LogP contribution in [0.2, 0.25) is 0 Å². The Balaban J connectivity index is 2.33. The zero-order chi connectivity index (χ0) is 14.9. The van der Waals surface area contributed by atoms with E-state index in [1.165, 1.54) is 0 Å². The van der Waals surface area contributed by atoms with Crippen molar-refractivity contribution in [2.45, 2.75) is 31.9 Å². The smallest absolute Gasteiger partial charge is 0.334 e. The van der Waals surface area contributed by atoms with Gasteiger partial charge in [0.1, 0.15) is 5.69 Å². The number of aryl methyl sites for hydroxylation is 1. The molecule has 0 aromatic carbocycles. The molecule has 20 heavy (non-hydrogen) atoms. The molecule has 1 fully saturated rings. The van der Waals surface area contributed by atoms with E-state index in [9.17, 15) is 10.1 Å². The minimum Gasteiger partial charge on any atom is -0.378 e. The van der Waals surface area contributed by atoms with Crippen LogP contribution in [-0.4, -0.2) is 47.0 Å². The van der Waals surface area contributed by atoms with Gasteiger partial charge in [-0.05, 0) is 0 Å². The Morgan fingerprint density at radius 1 is 1.55 bits per heavy atom. The van der Waals surface area contributed by atoms with Crippen molar-refractivity contribution in [1.29, 1.82) is 0 Å². The van der Waals surface area contributed by atoms with E-state index >= 15 is 0 Å². The van der Waals surface area contributed by atoms with E-state index in [1.54, 1.807) is 18.8 Å². The highest BCUT2D eigenvalue weighted by molar-refractivity contribution is 5.61. The van der Waals surface area contributed by atoms with Crippen molar-refractivity contribution in [2.75, 3.05) is 25.5 Å². The van der Waals surface area contributed by atoms with Gasteiger partial charge in [-0.15, -0.1) is 0 Å². The van der Waals surface area contributed by atoms with E-state index in [4.69, 9.17) is 4.74 Å². The Labute approximate surface area is 117 Å². The van der Waals surface area contributed by atoms with Crippen molar-refractivity contribution < 1.29 is 9.66 Å². The van der Waals surface area contributed by atoms with Gasteiger partial charge in [-0.25, -0.2) is 4.68 Å². The molecule has 1 saturated heterocycles. The second kappa shape index (κ2) is 5.76. The van der Waals surface area contributed by atoms with Gasteiger partial charge >= 0.3 is 5.69 Å². The summed E-state index contributed by atoms with van der Waals surface area (Å²) >= 11 is 0. The van der Waals surface area contributed by atoms with E-state index in [-0.39, 0.29) is 28.7 Å². The number of aromatic nitrogens is 2. The van der Waals surface area contributed by atoms with Crippen LogP contribution in [0, 0.1) is 10.1 Å². The number of rotatable bonds is 5. The summed E-state index contributed by atoms with van der Waals surface area (Å²) in [4.78, 5) is 11.0. The quantitative estimate of drug-likeness (QED) is 0.614. The highest BCUT2D eigenvalue weighted by Gasteiger charge is 2.33. The summed E-state index contributed by atoms with van der Waals surface area (Å²) in [6, 6.07) is -0.00545. The third kappa shape index (κ3) is 2.61. The fourth-order valence-corrected chi connectivity index (χ4v) is 2.49. The van der Waals surface area contributed by atoms with Gasteiger partial charge in [0.25, 0.3) is 0 Å². The molecule has 0 aliphatic carbocycles. The molecule has 1 unspecified atom stereocenters. The van der Waals surface area contributed by atoms with Crippen LogP contribution in [0.15, 0.2) is 0 Å². The number of methoxy groups -OCH3 is 1. The van der Waals surface area contributed by atoms with Crippen molar-refractivity contribution >= 4 is 11.5 Å². The summed E-state index contributed by atoms with van der Waals surface area (Å²) in [7, 11) is 3.36. The SMILES string of the molecule is CO[C@H]1CNCC1Nc1c([N+](=O)[O-])c(C(C)C)nn1C. The fraction of sp³-hybridized carbons (Fsp3) is 0.750. The summed E-state index contributed by atoms with van der Waals surface area (Å²) in [5.41, 5.74) is 0.559. The Kier molecular flexibility index (Phi) is 4.24. The molecule has 2 atom stereocenters. The normalized spacial score (nSPS) is 22.4. The predicted octanol–water partition coefficient (Wildman–Crippen LogP) is 0.850. The van der Waals surface area contributed by atoms with E-state index in [2.05, 4.69) is 15.7 Å². The van der Waals surface area contributed by atoms with Crippen molar-refractivity contribution in [3.8, 4) is 0 Å². The number of nitrogens with zero attached hydrogens (tertiary/aromatic N) is 3. The lowest BCUT2D eigenvalue weighted by molar-refractivity contribution is -0.384. The van der Waals surface area contributed by atoms with E-state index in [0.29, 0.717) is 18.1 Å². The zero-order valence-corrected chi connectivity index (χ0v) is 12.2. The molecule has 1 aliphatic rings. The average molecular weight is 283 g/mol. The average Bonchev–Trinajstić information content (AvgIpc) is 2.95. The Morgan fingerprint density at radius 2 is 2.25 bits per heavy atom. The van der Waals surface area contributed by atoms with Crippen molar-refractivity contribution in [1.82, 2.24) is 15.1 Å². The largest absolute Gasteiger partial charge is 0.378 e. The lowest BCUT2D eigenvalue weighted by atomic mass is 10.1. The second-order valence-corrected chi connectivity index (χ2v) is 5.30. The molecule has 2 N–H and O–H groups in total. The number of anilines is 1. The van der Waals surface area contributed by atoms with Crippen LogP contribution in [0.3, 0.4) is 0 Å². The second-order valence-electron chi connectivity index (χ2n) is 5.30. The molecule has 112 valence electrons. The van der Waals surface area contributed by atoms with Gasteiger partial charge in [-0.3, -0.25) is 10.1 Å². The van der Waals surface area contributed by atoms with Crippen LogP contribution in [0.25, 0.3) is 0 Å². The van der Waals surface area contributed by atoms with Crippen molar-refractivity contribution in [3.05, 3.63) is 15.8 Å². The van der Waals surface area contributed by atoms with Gasteiger partial charge in [-0.1, -0.05) is 13.8 Å². The minimum atomic E-state index is -0.366. The number of ether oxygens (including phenoxy) is 1. The molecule has 1 aromatic heterocycles. The van der Waals surface area contributed by atoms with E-state index in [0.717, 1.165) is 6.54 Å². The first-order chi connectivity index (χ1) is 9.45. The van der Waals surface area contributed by atoms with Crippen LogP contribution in [-0.2, 0) is 11.8 Å². The van der Waals surface area contributed by atoms with Crippen LogP contribution < -0.4 is 10.6 Å². The van der Waals surface area contributed by atoms with Crippen molar-refractivity contribution in [3.63, 3.8) is 0 Å². The molecule has 0 bridgehead atoms. The first kappa shape index (κ1) is 14.7. The molecule has 0 spiro atoms. The van der Waals surface area contributed by atoms with Gasteiger partial charge in [0.05, 0.1) is 17.1 Å². The van der Waals surface area contributed by atoms with Crippen molar-refractivity contribution in [2.24, 2.45) is 7.05 Å². The Morgan fingerprint density at radius 3 is 2.80 bits per heavy atom. The molecular weight excluding hydrogens is 262 g/mol. The van der Waals surface area contributed by atoms with Gasteiger partial charge in [0.2, 0.25) is 5.82 Å². The van der Waals surface area contributed by atoms with E-state index in [1.807, 2.05) is 13.8 Å².